The van der Waals surface area contributed by atoms with E-state index < -0.39 is 0 Å². The van der Waals surface area contributed by atoms with Gasteiger partial charge in [0.15, 0.2) is 0 Å². The molecule has 1 rings (SSSR count). The number of methoxy groups -OCH3 is 1. The summed E-state index contributed by atoms with van der Waals surface area (Å²) < 4.78 is 5.38. The van der Waals surface area contributed by atoms with E-state index in [4.69, 9.17) is 0 Å². The highest BCUT2D eigenvalue weighted by molar-refractivity contribution is 9.10. The Morgan fingerprint density at radius 2 is 2.08 bits per heavy atom. The van der Waals surface area contributed by atoms with Gasteiger partial charge in [0.1, 0.15) is 4.88 Å². The zero-order chi connectivity index (χ0) is 10.4. The van der Waals surface area contributed by atoms with E-state index in [1.54, 1.807) is 0 Å². The molecule has 4 heteroatoms. The van der Waals surface area contributed by atoms with Crippen LogP contribution in [0.4, 0.5) is 0 Å². The Labute approximate surface area is 91.0 Å². The minimum atomic E-state index is -0.282. The number of esters is 1. The Morgan fingerprint density at radius 1 is 1.54 bits per heavy atom. The molecule has 0 aliphatic carbocycles. The molecular weight excluding hydrogens is 252 g/mol. The average Bonchev–Trinajstić information content (AvgIpc) is 2.47. The summed E-state index contributed by atoms with van der Waals surface area (Å²) in [6, 6.07) is 1.90. The summed E-state index contributed by atoms with van der Waals surface area (Å²) >= 11 is 4.69. The van der Waals surface area contributed by atoms with Gasteiger partial charge in [0.25, 0.3) is 0 Å². The summed E-state index contributed by atoms with van der Waals surface area (Å²) in [5.74, 6) is -0.282. The number of aryl methyl sites for hydroxylation is 1. The lowest BCUT2D eigenvalue weighted by atomic mass is 10.4. The Bertz CT molecular complexity index is 281. The molecule has 0 saturated carbocycles. The van der Waals surface area contributed by atoms with Gasteiger partial charge >= 0.3 is 5.97 Å². The van der Waals surface area contributed by atoms with Crippen LogP contribution in [0.5, 0.6) is 0 Å². The maximum absolute atomic E-state index is 11.0. The summed E-state index contributed by atoms with van der Waals surface area (Å²) in [6.07, 6.45) is 0. The van der Waals surface area contributed by atoms with Gasteiger partial charge in [-0.2, -0.15) is 0 Å². The van der Waals surface area contributed by atoms with E-state index in [1.165, 1.54) is 18.4 Å². The fourth-order valence-corrected chi connectivity index (χ4v) is 2.44. The molecule has 0 aliphatic heterocycles. The standard InChI is InChI=1S/C7H7BrO2S.C2H6/c1-4-3-5(8)6(11-4)7(9)10-2;1-2/h3H,1-2H3;1-2H3. The molecule has 0 amide bonds. The molecule has 74 valence electrons. The van der Waals surface area contributed by atoms with Crippen molar-refractivity contribution in [3.63, 3.8) is 0 Å². The molecule has 0 atom stereocenters. The number of hydrogen-bond acceptors (Lipinski definition) is 3. The van der Waals surface area contributed by atoms with E-state index in [0.717, 1.165) is 9.35 Å². The lowest BCUT2D eigenvalue weighted by Crippen LogP contribution is -1.97. The summed E-state index contributed by atoms with van der Waals surface area (Å²) in [4.78, 5) is 12.7. The smallest absolute Gasteiger partial charge is 0.349 e. The molecule has 0 saturated heterocycles. The molecule has 0 spiro atoms. The molecule has 0 aromatic carbocycles. The Kier molecular flexibility index (Phi) is 5.99. The molecule has 2 nitrogen and oxygen atoms in total. The van der Waals surface area contributed by atoms with Crippen LogP contribution < -0.4 is 0 Å². The molecule has 0 fully saturated rings. The molecule has 0 unspecified atom stereocenters. The third-order valence-corrected chi connectivity index (χ3v) is 3.10. The van der Waals surface area contributed by atoms with Crippen molar-refractivity contribution in [1.82, 2.24) is 0 Å². The minimum absolute atomic E-state index is 0.282. The molecule has 1 aromatic heterocycles. The highest BCUT2D eigenvalue weighted by atomic mass is 79.9. The molecule has 13 heavy (non-hydrogen) atoms. The maximum Gasteiger partial charge on any atom is 0.349 e. The first kappa shape index (κ1) is 12.7. The molecule has 0 N–H and O–H groups in total. The van der Waals surface area contributed by atoms with Crippen molar-refractivity contribution in [2.45, 2.75) is 20.8 Å². The lowest BCUT2D eigenvalue weighted by Gasteiger charge is -1.93. The second-order valence-electron chi connectivity index (χ2n) is 2.03. The van der Waals surface area contributed by atoms with Crippen LogP contribution in [0.3, 0.4) is 0 Å². The fraction of sp³-hybridized carbons (Fsp3) is 0.444. The van der Waals surface area contributed by atoms with Crippen molar-refractivity contribution in [3.8, 4) is 0 Å². The predicted octanol–water partition coefficient (Wildman–Crippen LogP) is 3.63. The van der Waals surface area contributed by atoms with Crippen LogP contribution in [-0.4, -0.2) is 13.1 Å². The summed E-state index contributed by atoms with van der Waals surface area (Å²) in [7, 11) is 1.38. The van der Waals surface area contributed by atoms with E-state index >= 15 is 0 Å². The third kappa shape index (κ3) is 3.48. The van der Waals surface area contributed by atoms with E-state index in [9.17, 15) is 4.79 Å². The molecule has 1 heterocycles. The van der Waals surface area contributed by atoms with Gasteiger partial charge in [-0.3, -0.25) is 0 Å². The number of rotatable bonds is 1. The lowest BCUT2D eigenvalue weighted by molar-refractivity contribution is 0.0605. The number of ether oxygens (including phenoxy) is 1. The number of halogens is 1. The van der Waals surface area contributed by atoms with Crippen LogP contribution in [0.1, 0.15) is 28.4 Å². The van der Waals surface area contributed by atoms with E-state index in [1.807, 2.05) is 26.8 Å². The van der Waals surface area contributed by atoms with E-state index in [-0.39, 0.29) is 5.97 Å². The molecule has 1 aromatic rings. The van der Waals surface area contributed by atoms with Crippen LogP contribution in [0.25, 0.3) is 0 Å². The minimum Gasteiger partial charge on any atom is -0.465 e. The zero-order valence-electron chi connectivity index (χ0n) is 8.18. The van der Waals surface area contributed by atoms with Gasteiger partial charge < -0.3 is 4.74 Å². The van der Waals surface area contributed by atoms with Crippen molar-refractivity contribution in [2.24, 2.45) is 0 Å². The monoisotopic (exact) mass is 264 g/mol. The van der Waals surface area contributed by atoms with Crippen LogP contribution in [0.2, 0.25) is 0 Å². The van der Waals surface area contributed by atoms with Gasteiger partial charge in [-0.05, 0) is 28.9 Å². The Balaban J connectivity index is 0.000000671. The van der Waals surface area contributed by atoms with Crippen molar-refractivity contribution < 1.29 is 9.53 Å². The van der Waals surface area contributed by atoms with Gasteiger partial charge in [-0.15, -0.1) is 11.3 Å². The van der Waals surface area contributed by atoms with Crippen LogP contribution in [-0.2, 0) is 4.74 Å². The first-order valence-corrected chi connectivity index (χ1v) is 5.60. The highest BCUT2D eigenvalue weighted by Gasteiger charge is 2.12. The van der Waals surface area contributed by atoms with Crippen LogP contribution in [0, 0.1) is 6.92 Å². The Hall–Kier alpha value is -0.350. The molecular formula is C9H13BrO2S. The molecule has 0 bridgehead atoms. The summed E-state index contributed by atoms with van der Waals surface area (Å²) in [5.41, 5.74) is 0. The topological polar surface area (TPSA) is 26.3 Å². The van der Waals surface area contributed by atoms with Crippen LogP contribution in [0.15, 0.2) is 10.5 Å². The van der Waals surface area contributed by atoms with Crippen molar-refractivity contribution >= 4 is 33.2 Å². The van der Waals surface area contributed by atoms with Crippen molar-refractivity contribution in [2.75, 3.05) is 7.11 Å². The van der Waals surface area contributed by atoms with Gasteiger partial charge in [0.05, 0.1) is 7.11 Å². The third-order valence-electron chi connectivity index (χ3n) is 1.18. The average molecular weight is 265 g/mol. The SMILES string of the molecule is CC.COC(=O)c1sc(C)cc1Br. The van der Waals surface area contributed by atoms with Gasteiger partial charge in [0, 0.05) is 9.35 Å². The van der Waals surface area contributed by atoms with Crippen LogP contribution >= 0.6 is 27.3 Å². The summed E-state index contributed by atoms with van der Waals surface area (Å²) in [6.45, 7) is 5.95. The second-order valence-corrected chi connectivity index (χ2v) is 4.14. The number of hydrogen-bond donors (Lipinski definition) is 0. The number of carbonyl (C=O) groups excluding carboxylic acids is 1. The first-order chi connectivity index (χ1) is 6.15. The largest absolute Gasteiger partial charge is 0.465 e. The quantitative estimate of drug-likeness (QED) is 0.725. The van der Waals surface area contributed by atoms with Crippen molar-refractivity contribution in [3.05, 3.63) is 20.3 Å². The van der Waals surface area contributed by atoms with E-state index in [2.05, 4.69) is 20.7 Å². The number of carbonyl (C=O) groups is 1. The van der Waals surface area contributed by atoms with Crippen molar-refractivity contribution in [1.29, 1.82) is 0 Å². The number of thiophene rings is 1. The van der Waals surface area contributed by atoms with E-state index in [0.29, 0.717) is 4.88 Å². The maximum atomic E-state index is 11.0. The molecule has 0 aliphatic rings. The molecule has 0 radical (unpaired) electrons. The van der Waals surface area contributed by atoms with Gasteiger partial charge in [-0.1, -0.05) is 13.8 Å². The zero-order valence-corrected chi connectivity index (χ0v) is 10.6. The summed E-state index contributed by atoms with van der Waals surface area (Å²) in [5, 5.41) is 0. The predicted molar refractivity (Wildman–Crippen MR) is 59.4 cm³/mol. The van der Waals surface area contributed by atoms with Gasteiger partial charge in [0.2, 0.25) is 0 Å². The Morgan fingerprint density at radius 3 is 2.38 bits per heavy atom. The van der Waals surface area contributed by atoms with Gasteiger partial charge in [-0.25, -0.2) is 4.79 Å². The normalized spacial score (nSPS) is 8.69. The first-order valence-electron chi connectivity index (χ1n) is 3.99. The highest BCUT2D eigenvalue weighted by Crippen LogP contribution is 2.27. The fourth-order valence-electron chi connectivity index (χ4n) is 0.715. The second kappa shape index (κ2) is 6.16.